The molecule has 23 heavy (non-hydrogen) atoms. The molecular formula is C18H21N2O3+. The number of quaternary nitrogens is 1. The molecule has 2 aliphatic rings. The first-order valence-electron chi connectivity index (χ1n) is 8.04. The lowest BCUT2D eigenvalue weighted by Crippen LogP contribution is -3.13. The maximum atomic E-state index is 10.2. The summed E-state index contributed by atoms with van der Waals surface area (Å²) < 4.78 is 10.7. The Bertz CT molecular complexity index is 682. The first-order chi connectivity index (χ1) is 11.3. The number of ether oxygens (including phenoxy) is 2. The van der Waals surface area contributed by atoms with Gasteiger partial charge in [-0.25, -0.2) is 0 Å². The van der Waals surface area contributed by atoms with E-state index in [2.05, 4.69) is 29.2 Å². The number of hydrogen-bond donors (Lipinski definition) is 2. The fourth-order valence-electron chi connectivity index (χ4n) is 3.28. The Morgan fingerprint density at radius 2 is 1.70 bits per heavy atom. The Balaban J connectivity index is 1.40. The lowest BCUT2D eigenvalue weighted by atomic mass is 10.1. The molecule has 1 fully saturated rings. The monoisotopic (exact) mass is 313 g/mol. The highest BCUT2D eigenvalue weighted by Gasteiger charge is 2.23. The minimum absolute atomic E-state index is 0.237. The predicted molar refractivity (Wildman–Crippen MR) is 87.3 cm³/mol. The summed E-state index contributed by atoms with van der Waals surface area (Å²) in [6, 6.07) is 14.1. The van der Waals surface area contributed by atoms with Gasteiger partial charge in [-0.3, -0.25) is 0 Å². The zero-order chi connectivity index (χ0) is 15.6. The van der Waals surface area contributed by atoms with Crippen molar-refractivity contribution < 1.29 is 19.5 Å². The van der Waals surface area contributed by atoms with Gasteiger partial charge in [0.25, 0.3) is 0 Å². The summed E-state index contributed by atoms with van der Waals surface area (Å²) >= 11 is 0. The molecule has 2 aromatic rings. The van der Waals surface area contributed by atoms with Gasteiger partial charge in [0.2, 0.25) is 6.79 Å². The van der Waals surface area contributed by atoms with E-state index >= 15 is 0 Å². The van der Waals surface area contributed by atoms with E-state index in [0.717, 1.165) is 44.0 Å². The van der Waals surface area contributed by atoms with Gasteiger partial charge in [0.05, 0.1) is 31.7 Å². The topological polar surface area (TPSA) is 46.4 Å². The fourth-order valence-corrected chi connectivity index (χ4v) is 3.28. The van der Waals surface area contributed by atoms with Gasteiger partial charge in [-0.2, -0.15) is 0 Å². The molecule has 0 spiro atoms. The highest BCUT2D eigenvalue weighted by molar-refractivity contribution is 5.51. The van der Waals surface area contributed by atoms with Gasteiger partial charge in [0.1, 0.15) is 12.3 Å². The molecular weight excluding hydrogens is 292 g/mol. The second-order valence-electron chi connectivity index (χ2n) is 6.08. The quantitative estimate of drug-likeness (QED) is 0.888. The Labute approximate surface area is 135 Å². The lowest BCUT2D eigenvalue weighted by molar-refractivity contribution is -0.914. The van der Waals surface area contributed by atoms with Crippen molar-refractivity contribution in [1.29, 1.82) is 0 Å². The molecule has 0 unspecified atom stereocenters. The van der Waals surface area contributed by atoms with Crippen molar-refractivity contribution in [2.75, 3.05) is 37.9 Å². The van der Waals surface area contributed by atoms with Crippen molar-refractivity contribution in [2.24, 2.45) is 0 Å². The number of anilines is 1. The Hall–Kier alpha value is -2.40. The van der Waals surface area contributed by atoms with Crippen LogP contribution in [0, 0.1) is 0 Å². The zero-order valence-corrected chi connectivity index (χ0v) is 13.0. The number of phenolic OH excluding ortho intramolecular Hbond substituents is 1. The standard InChI is InChI=1S/C18H20N2O3/c21-16-11-18-17(22-13-23-18)10-14(16)12-19-6-8-20(9-7-19)15-4-2-1-3-5-15/h1-5,10-11,21H,6-9,12-13H2/p+1. The van der Waals surface area contributed by atoms with Gasteiger partial charge in [-0.05, 0) is 18.2 Å². The van der Waals surface area contributed by atoms with Gasteiger partial charge < -0.3 is 24.4 Å². The number of nitrogens with zero attached hydrogens (tertiary/aromatic N) is 1. The molecule has 0 saturated carbocycles. The highest BCUT2D eigenvalue weighted by atomic mass is 16.7. The van der Waals surface area contributed by atoms with Crippen LogP contribution in [0.4, 0.5) is 5.69 Å². The van der Waals surface area contributed by atoms with Crippen LogP contribution < -0.4 is 19.3 Å². The average Bonchev–Trinajstić information content (AvgIpc) is 3.04. The number of aromatic hydroxyl groups is 1. The van der Waals surface area contributed by atoms with Gasteiger partial charge in [-0.15, -0.1) is 0 Å². The van der Waals surface area contributed by atoms with E-state index < -0.39 is 0 Å². The van der Waals surface area contributed by atoms with Crippen LogP contribution in [0.25, 0.3) is 0 Å². The second-order valence-corrected chi connectivity index (χ2v) is 6.08. The van der Waals surface area contributed by atoms with Crippen molar-refractivity contribution in [3.05, 3.63) is 48.0 Å². The molecule has 2 N–H and O–H groups in total. The van der Waals surface area contributed by atoms with E-state index in [1.807, 2.05) is 12.1 Å². The van der Waals surface area contributed by atoms with Crippen molar-refractivity contribution in [3.63, 3.8) is 0 Å². The predicted octanol–water partition coefficient (Wildman–Crippen LogP) is 1.03. The summed E-state index contributed by atoms with van der Waals surface area (Å²) in [5.41, 5.74) is 2.22. The van der Waals surface area contributed by atoms with Gasteiger partial charge in [0.15, 0.2) is 11.5 Å². The SMILES string of the molecule is Oc1cc2c(cc1C[NH+]1CCN(c3ccccc3)CC1)OCO2. The van der Waals surface area contributed by atoms with E-state index in [9.17, 15) is 5.11 Å². The van der Waals surface area contributed by atoms with Crippen LogP contribution in [0.15, 0.2) is 42.5 Å². The molecule has 4 rings (SSSR count). The number of hydrogen-bond acceptors (Lipinski definition) is 4. The summed E-state index contributed by atoms with van der Waals surface area (Å²) in [4.78, 5) is 3.90. The van der Waals surface area contributed by atoms with Crippen LogP contribution in [0.5, 0.6) is 17.2 Å². The maximum absolute atomic E-state index is 10.2. The van der Waals surface area contributed by atoms with Gasteiger partial charge >= 0.3 is 0 Å². The molecule has 0 bridgehead atoms. The Morgan fingerprint density at radius 1 is 1.00 bits per heavy atom. The molecule has 0 aromatic heterocycles. The molecule has 2 aromatic carbocycles. The minimum atomic E-state index is 0.237. The molecule has 5 heteroatoms. The molecule has 0 amide bonds. The van der Waals surface area contributed by atoms with Crippen molar-refractivity contribution >= 4 is 5.69 Å². The largest absolute Gasteiger partial charge is 0.507 e. The van der Waals surface area contributed by atoms with Crippen molar-refractivity contribution in [3.8, 4) is 17.2 Å². The molecule has 120 valence electrons. The smallest absolute Gasteiger partial charge is 0.231 e. The van der Waals surface area contributed by atoms with E-state index in [1.54, 1.807) is 6.07 Å². The number of phenols is 1. The van der Waals surface area contributed by atoms with Crippen LogP contribution in [0.3, 0.4) is 0 Å². The van der Waals surface area contributed by atoms with Crippen molar-refractivity contribution in [1.82, 2.24) is 0 Å². The van der Waals surface area contributed by atoms with E-state index in [0.29, 0.717) is 11.5 Å². The van der Waals surface area contributed by atoms with E-state index in [4.69, 9.17) is 9.47 Å². The lowest BCUT2D eigenvalue weighted by Gasteiger charge is -2.33. The molecule has 0 atom stereocenters. The highest BCUT2D eigenvalue weighted by Crippen LogP contribution is 2.37. The Morgan fingerprint density at radius 3 is 2.43 bits per heavy atom. The fraction of sp³-hybridized carbons (Fsp3) is 0.333. The molecule has 1 saturated heterocycles. The first-order valence-corrected chi connectivity index (χ1v) is 8.04. The minimum Gasteiger partial charge on any atom is -0.507 e. The van der Waals surface area contributed by atoms with Crippen LogP contribution in [-0.4, -0.2) is 38.1 Å². The first kappa shape index (κ1) is 14.2. The van der Waals surface area contributed by atoms with Crippen LogP contribution in [-0.2, 0) is 6.54 Å². The zero-order valence-electron chi connectivity index (χ0n) is 13.0. The van der Waals surface area contributed by atoms with Gasteiger partial charge in [0, 0.05) is 11.8 Å². The summed E-state index contributed by atoms with van der Waals surface area (Å²) in [6.07, 6.45) is 0. The van der Waals surface area contributed by atoms with Crippen LogP contribution in [0.1, 0.15) is 5.56 Å². The number of para-hydroxylation sites is 1. The number of rotatable bonds is 3. The molecule has 5 nitrogen and oxygen atoms in total. The third-order valence-corrected chi connectivity index (χ3v) is 4.61. The third kappa shape index (κ3) is 2.92. The number of piperazine rings is 1. The van der Waals surface area contributed by atoms with Crippen LogP contribution >= 0.6 is 0 Å². The van der Waals surface area contributed by atoms with Crippen molar-refractivity contribution in [2.45, 2.75) is 6.54 Å². The second kappa shape index (κ2) is 6.01. The third-order valence-electron chi connectivity index (χ3n) is 4.61. The molecule has 2 heterocycles. The molecule has 0 radical (unpaired) electrons. The summed E-state index contributed by atoms with van der Waals surface area (Å²) in [6.45, 7) is 5.23. The van der Waals surface area contributed by atoms with Gasteiger partial charge in [-0.1, -0.05) is 18.2 Å². The van der Waals surface area contributed by atoms with Crippen LogP contribution in [0.2, 0.25) is 0 Å². The average molecular weight is 313 g/mol. The van der Waals surface area contributed by atoms with E-state index in [1.165, 1.54) is 10.6 Å². The summed E-state index contributed by atoms with van der Waals surface area (Å²) in [5.74, 6) is 1.67. The maximum Gasteiger partial charge on any atom is 0.231 e. The summed E-state index contributed by atoms with van der Waals surface area (Å²) in [7, 11) is 0. The number of nitrogens with one attached hydrogen (secondary N) is 1. The molecule has 0 aliphatic carbocycles. The van der Waals surface area contributed by atoms with E-state index in [-0.39, 0.29) is 6.79 Å². The Kier molecular flexibility index (Phi) is 3.71. The number of benzene rings is 2. The number of fused-ring (bicyclic) bond motifs is 1. The molecule has 2 aliphatic heterocycles. The summed E-state index contributed by atoms with van der Waals surface area (Å²) in [5, 5.41) is 10.2. The normalized spacial score (nSPS) is 17.5.